The Morgan fingerprint density at radius 3 is 2.48 bits per heavy atom. The first kappa shape index (κ1) is 22.1. The standard InChI is InChI=1S/C26H25N3O4/c1-16-10-13-24(32-4)22(14-16)28-25(30)17(2)33-26(31)19-11-12-23-21(15-19)27-18(3)29(23)20-8-6-5-7-9-20/h5-15,17H,1-4H3,(H,28,30)/t17-/m1/s1. The van der Waals surface area contributed by atoms with E-state index in [1.165, 1.54) is 14.0 Å². The average molecular weight is 444 g/mol. The third-order valence-corrected chi connectivity index (χ3v) is 5.34. The number of amides is 1. The van der Waals surface area contributed by atoms with Gasteiger partial charge in [-0.25, -0.2) is 9.78 Å². The molecule has 1 atom stereocenters. The molecule has 0 saturated carbocycles. The van der Waals surface area contributed by atoms with Crippen molar-refractivity contribution in [2.45, 2.75) is 26.9 Å². The summed E-state index contributed by atoms with van der Waals surface area (Å²) in [4.78, 5) is 29.9. The van der Waals surface area contributed by atoms with E-state index in [0.29, 0.717) is 22.5 Å². The van der Waals surface area contributed by atoms with Gasteiger partial charge in [0.15, 0.2) is 6.10 Å². The third kappa shape index (κ3) is 4.57. The number of benzene rings is 3. The smallest absolute Gasteiger partial charge is 0.338 e. The molecule has 0 aliphatic carbocycles. The molecule has 1 amide bonds. The number of methoxy groups -OCH3 is 1. The van der Waals surface area contributed by atoms with Gasteiger partial charge in [0.25, 0.3) is 5.91 Å². The predicted molar refractivity (Wildman–Crippen MR) is 127 cm³/mol. The molecule has 4 rings (SSSR count). The van der Waals surface area contributed by atoms with Crippen LogP contribution in [0.1, 0.15) is 28.7 Å². The minimum absolute atomic E-state index is 0.327. The molecule has 3 aromatic carbocycles. The molecule has 0 fully saturated rings. The molecule has 0 saturated heterocycles. The largest absolute Gasteiger partial charge is 0.495 e. The molecule has 7 heteroatoms. The van der Waals surface area contributed by atoms with Crippen LogP contribution < -0.4 is 10.1 Å². The molecule has 168 valence electrons. The Balaban J connectivity index is 1.51. The molecule has 0 aliphatic heterocycles. The lowest BCUT2D eigenvalue weighted by Gasteiger charge is -2.15. The highest BCUT2D eigenvalue weighted by Gasteiger charge is 2.21. The number of rotatable bonds is 6. The first-order valence-electron chi connectivity index (χ1n) is 10.6. The number of nitrogens with one attached hydrogen (secondary N) is 1. The maximum Gasteiger partial charge on any atom is 0.338 e. The molecule has 0 spiro atoms. The van der Waals surface area contributed by atoms with E-state index in [2.05, 4.69) is 10.3 Å². The summed E-state index contributed by atoms with van der Waals surface area (Å²) in [6, 6.07) is 20.5. The van der Waals surface area contributed by atoms with Gasteiger partial charge in [0.05, 0.1) is 29.4 Å². The van der Waals surface area contributed by atoms with Gasteiger partial charge < -0.3 is 14.8 Å². The zero-order chi connectivity index (χ0) is 23.5. The Bertz CT molecular complexity index is 1330. The van der Waals surface area contributed by atoms with Crippen molar-refractivity contribution in [3.8, 4) is 11.4 Å². The summed E-state index contributed by atoms with van der Waals surface area (Å²) in [5, 5.41) is 2.76. The van der Waals surface area contributed by atoms with Crippen LogP contribution in [0.25, 0.3) is 16.7 Å². The van der Waals surface area contributed by atoms with Gasteiger partial charge in [-0.3, -0.25) is 9.36 Å². The Kier molecular flexibility index (Phi) is 6.13. The number of carbonyl (C=O) groups is 2. The van der Waals surface area contributed by atoms with E-state index in [0.717, 1.165) is 22.6 Å². The number of hydrogen-bond donors (Lipinski definition) is 1. The first-order chi connectivity index (χ1) is 15.9. The van der Waals surface area contributed by atoms with Crippen LogP contribution in [0.3, 0.4) is 0 Å². The Morgan fingerprint density at radius 2 is 1.76 bits per heavy atom. The number of carbonyl (C=O) groups excluding carboxylic acids is 2. The van der Waals surface area contributed by atoms with Gasteiger partial charge in [-0.05, 0) is 68.8 Å². The third-order valence-electron chi connectivity index (χ3n) is 5.34. The van der Waals surface area contributed by atoms with Crippen LogP contribution in [0.2, 0.25) is 0 Å². The average Bonchev–Trinajstić information content (AvgIpc) is 3.14. The Hall–Kier alpha value is -4.13. The number of nitrogens with zero attached hydrogens (tertiary/aromatic N) is 2. The van der Waals surface area contributed by atoms with Crippen LogP contribution >= 0.6 is 0 Å². The molecule has 1 aromatic heterocycles. The van der Waals surface area contributed by atoms with E-state index in [-0.39, 0.29) is 0 Å². The molecule has 0 bridgehead atoms. The predicted octanol–water partition coefficient (Wildman–Crippen LogP) is 4.83. The lowest BCUT2D eigenvalue weighted by atomic mass is 10.2. The van der Waals surface area contributed by atoms with Gasteiger partial charge in [-0.15, -0.1) is 0 Å². The number of anilines is 1. The molecular weight excluding hydrogens is 418 g/mol. The topological polar surface area (TPSA) is 82.4 Å². The second-order valence-electron chi connectivity index (χ2n) is 7.77. The lowest BCUT2D eigenvalue weighted by molar-refractivity contribution is -0.123. The zero-order valence-corrected chi connectivity index (χ0v) is 19.0. The van der Waals surface area contributed by atoms with Crippen molar-refractivity contribution in [3.63, 3.8) is 0 Å². The summed E-state index contributed by atoms with van der Waals surface area (Å²) in [6.45, 7) is 5.36. The number of aromatic nitrogens is 2. The van der Waals surface area contributed by atoms with Crippen LogP contribution in [0, 0.1) is 13.8 Å². The van der Waals surface area contributed by atoms with Crippen molar-refractivity contribution < 1.29 is 19.1 Å². The van der Waals surface area contributed by atoms with Gasteiger partial charge in [0.2, 0.25) is 0 Å². The summed E-state index contributed by atoms with van der Waals surface area (Å²) in [5.41, 5.74) is 4.36. The molecule has 0 unspecified atom stereocenters. The number of esters is 1. The van der Waals surface area contributed by atoms with Gasteiger partial charge in [0, 0.05) is 5.69 Å². The Labute approximate surface area is 192 Å². The molecule has 1 N–H and O–H groups in total. The van der Waals surface area contributed by atoms with Gasteiger partial charge in [-0.2, -0.15) is 0 Å². The van der Waals surface area contributed by atoms with Crippen molar-refractivity contribution in [2.24, 2.45) is 0 Å². The summed E-state index contributed by atoms with van der Waals surface area (Å²) in [5.74, 6) is 0.295. The van der Waals surface area contributed by atoms with Crippen molar-refractivity contribution in [2.75, 3.05) is 12.4 Å². The van der Waals surface area contributed by atoms with Gasteiger partial charge in [0.1, 0.15) is 11.6 Å². The van der Waals surface area contributed by atoms with Crippen LogP contribution in [-0.2, 0) is 9.53 Å². The molecule has 1 heterocycles. The number of hydrogen-bond acceptors (Lipinski definition) is 5. The summed E-state index contributed by atoms with van der Waals surface area (Å²) in [7, 11) is 1.53. The van der Waals surface area contributed by atoms with Gasteiger partial charge >= 0.3 is 5.97 Å². The van der Waals surface area contributed by atoms with Gasteiger partial charge in [-0.1, -0.05) is 24.3 Å². The highest BCUT2D eigenvalue weighted by Crippen LogP contribution is 2.26. The van der Waals surface area contributed by atoms with Crippen molar-refractivity contribution in [1.29, 1.82) is 0 Å². The monoisotopic (exact) mass is 443 g/mol. The van der Waals surface area contributed by atoms with E-state index in [1.54, 1.807) is 24.3 Å². The minimum Gasteiger partial charge on any atom is -0.495 e. The van der Waals surface area contributed by atoms with Crippen LogP contribution in [-0.4, -0.2) is 34.6 Å². The van der Waals surface area contributed by atoms with E-state index < -0.39 is 18.0 Å². The van der Waals surface area contributed by atoms with Crippen molar-refractivity contribution >= 4 is 28.6 Å². The molecular formula is C26H25N3O4. The number of aryl methyl sites for hydroxylation is 2. The minimum atomic E-state index is -0.998. The number of ether oxygens (including phenoxy) is 2. The van der Waals surface area contributed by atoms with E-state index in [1.807, 2.05) is 60.9 Å². The highest BCUT2D eigenvalue weighted by atomic mass is 16.5. The van der Waals surface area contributed by atoms with E-state index >= 15 is 0 Å². The fourth-order valence-electron chi connectivity index (χ4n) is 3.67. The Morgan fingerprint density at radius 1 is 1.00 bits per heavy atom. The second-order valence-corrected chi connectivity index (χ2v) is 7.77. The molecule has 33 heavy (non-hydrogen) atoms. The number of para-hydroxylation sites is 1. The van der Waals surface area contributed by atoms with Crippen LogP contribution in [0.15, 0.2) is 66.7 Å². The molecule has 0 aliphatic rings. The fourth-order valence-corrected chi connectivity index (χ4v) is 3.67. The maximum absolute atomic E-state index is 12.7. The lowest BCUT2D eigenvalue weighted by Crippen LogP contribution is -2.30. The second kappa shape index (κ2) is 9.16. The van der Waals surface area contributed by atoms with Crippen molar-refractivity contribution in [3.05, 3.63) is 83.7 Å². The normalized spacial score (nSPS) is 11.8. The fraction of sp³-hybridized carbons (Fsp3) is 0.192. The SMILES string of the molecule is COc1ccc(C)cc1NC(=O)[C@@H](C)OC(=O)c1ccc2c(c1)nc(C)n2-c1ccccc1. The molecule has 0 radical (unpaired) electrons. The quantitative estimate of drug-likeness (QED) is 0.432. The van der Waals surface area contributed by atoms with Crippen molar-refractivity contribution in [1.82, 2.24) is 9.55 Å². The highest BCUT2D eigenvalue weighted by molar-refractivity contribution is 5.99. The number of imidazole rings is 1. The maximum atomic E-state index is 12.7. The molecule has 7 nitrogen and oxygen atoms in total. The zero-order valence-electron chi connectivity index (χ0n) is 19.0. The van der Waals surface area contributed by atoms with E-state index in [9.17, 15) is 9.59 Å². The van der Waals surface area contributed by atoms with E-state index in [4.69, 9.17) is 9.47 Å². The number of fused-ring (bicyclic) bond motifs is 1. The van der Waals surface area contributed by atoms with Crippen LogP contribution in [0.5, 0.6) is 5.75 Å². The molecule has 4 aromatic rings. The first-order valence-corrected chi connectivity index (χ1v) is 10.6. The summed E-state index contributed by atoms with van der Waals surface area (Å²) < 4.78 is 12.7. The van der Waals surface area contributed by atoms with Crippen LogP contribution in [0.4, 0.5) is 5.69 Å². The summed E-state index contributed by atoms with van der Waals surface area (Å²) >= 11 is 0. The summed E-state index contributed by atoms with van der Waals surface area (Å²) in [6.07, 6.45) is -0.998.